The molecule has 0 bridgehead atoms. The number of piperidine rings is 1. The molecule has 2 aliphatic rings. The van der Waals surface area contributed by atoms with E-state index in [-0.39, 0.29) is 23.9 Å². The lowest BCUT2D eigenvalue weighted by atomic mass is 9.77. The van der Waals surface area contributed by atoms with Crippen LogP contribution in [0.1, 0.15) is 24.8 Å². The molecule has 0 unspecified atom stereocenters. The second-order valence-electron chi connectivity index (χ2n) is 6.90. The average Bonchev–Trinajstić information content (AvgIpc) is 2.83. The topological polar surface area (TPSA) is 70.1 Å². The van der Waals surface area contributed by atoms with Crippen molar-refractivity contribution in [2.45, 2.75) is 31.3 Å². The third kappa shape index (κ3) is 3.08. The zero-order chi connectivity index (χ0) is 18.2. The molecular formula is C18H23FN2O4. The number of carbonyl (C=O) groups excluding carboxylic acids is 1. The summed E-state index contributed by atoms with van der Waals surface area (Å²) < 4.78 is 18.8. The number of benzene rings is 1. The van der Waals surface area contributed by atoms with Gasteiger partial charge >= 0.3 is 5.97 Å². The van der Waals surface area contributed by atoms with E-state index < -0.39 is 17.4 Å². The van der Waals surface area contributed by atoms with Crippen molar-refractivity contribution >= 4 is 11.9 Å². The van der Waals surface area contributed by atoms with Gasteiger partial charge in [0.2, 0.25) is 5.91 Å². The molecule has 1 N–H and O–H groups in total. The summed E-state index contributed by atoms with van der Waals surface area (Å²) in [7, 11) is 3.14. The van der Waals surface area contributed by atoms with E-state index in [0.29, 0.717) is 32.5 Å². The van der Waals surface area contributed by atoms with Gasteiger partial charge in [0.05, 0.1) is 18.6 Å². The summed E-state index contributed by atoms with van der Waals surface area (Å²) in [4.78, 5) is 27.4. The lowest BCUT2D eigenvalue weighted by molar-refractivity contribution is -0.146. The molecule has 0 radical (unpaired) electrons. The van der Waals surface area contributed by atoms with Gasteiger partial charge in [-0.1, -0.05) is 6.07 Å². The Morgan fingerprint density at radius 3 is 2.64 bits per heavy atom. The number of carboxylic acids is 1. The van der Waals surface area contributed by atoms with E-state index in [1.54, 1.807) is 18.0 Å². The van der Waals surface area contributed by atoms with Crippen LogP contribution in [-0.2, 0) is 16.1 Å². The Balaban J connectivity index is 1.68. The Hall–Kier alpha value is -2.15. The van der Waals surface area contributed by atoms with E-state index in [0.717, 1.165) is 5.56 Å². The van der Waals surface area contributed by atoms with E-state index in [1.807, 2.05) is 6.07 Å². The molecule has 3 rings (SSSR count). The number of methoxy groups -OCH3 is 1. The number of carboxylic acid groups (broad SMARTS) is 1. The fraction of sp³-hybridized carbons (Fsp3) is 0.556. The highest BCUT2D eigenvalue weighted by Crippen LogP contribution is 2.43. The minimum atomic E-state index is -0.900. The monoisotopic (exact) mass is 350 g/mol. The first-order valence-electron chi connectivity index (χ1n) is 8.41. The van der Waals surface area contributed by atoms with Crippen LogP contribution < -0.4 is 4.74 Å². The van der Waals surface area contributed by atoms with Gasteiger partial charge in [-0.2, -0.15) is 0 Å². The first kappa shape index (κ1) is 17.7. The van der Waals surface area contributed by atoms with Gasteiger partial charge in [0.15, 0.2) is 11.6 Å². The molecule has 1 spiro atoms. The van der Waals surface area contributed by atoms with Gasteiger partial charge in [0.25, 0.3) is 0 Å². The van der Waals surface area contributed by atoms with Crippen LogP contribution in [0.15, 0.2) is 18.2 Å². The summed E-state index contributed by atoms with van der Waals surface area (Å²) in [6.07, 6.45) is 1.31. The molecule has 2 aliphatic heterocycles. The van der Waals surface area contributed by atoms with Gasteiger partial charge in [-0.15, -0.1) is 0 Å². The fourth-order valence-corrected chi connectivity index (χ4v) is 4.15. The van der Waals surface area contributed by atoms with Crippen molar-refractivity contribution < 1.29 is 23.8 Å². The first-order valence-corrected chi connectivity index (χ1v) is 8.41. The summed E-state index contributed by atoms with van der Waals surface area (Å²) in [5, 5.41) is 9.50. The van der Waals surface area contributed by atoms with Crippen LogP contribution in [0, 0.1) is 11.7 Å². The van der Waals surface area contributed by atoms with Gasteiger partial charge in [-0.3, -0.25) is 14.5 Å². The summed E-state index contributed by atoms with van der Waals surface area (Å²) >= 11 is 0. The highest BCUT2D eigenvalue weighted by atomic mass is 19.1. The van der Waals surface area contributed by atoms with Crippen molar-refractivity contribution in [2.24, 2.45) is 5.92 Å². The highest BCUT2D eigenvalue weighted by molar-refractivity contribution is 5.88. The third-order valence-corrected chi connectivity index (χ3v) is 5.71. The van der Waals surface area contributed by atoms with Crippen LogP contribution in [0.2, 0.25) is 0 Å². The Bertz CT molecular complexity index is 686. The molecule has 1 aromatic carbocycles. The minimum absolute atomic E-state index is 0.0789. The summed E-state index contributed by atoms with van der Waals surface area (Å²) in [6.45, 7) is 1.94. The molecule has 2 fully saturated rings. The lowest BCUT2D eigenvalue weighted by Crippen LogP contribution is -2.55. The number of rotatable bonds is 4. The number of hydrogen-bond donors (Lipinski definition) is 1. The highest BCUT2D eigenvalue weighted by Gasteiger charge is 2.55. The molecular weight excluding hydrogens is 327 g/mol. The van der Waals surface area contributed by atoms with Gasteiger partial charge in [0.1, 0.15) is 0 Å². The Kier molecular flexibility index (Phi) is 4.69. The van der Waals surface area contributed by atoms with Crippen LogP contribution in [-0.4, -0.2) is 59.6 Å². The summed E-state index contributed by atoms with van der Waals surface area (Å²) in [5.74, 6) is -1.82. The number of halogens is 1. The van der Waals surface area contributed by atoms with Gasteiger partial charge in [0, 0.05) is 33.1 Å². The van der Waals surface area contributed by atoms with Crippen LogP contribution >= 0.6 is 0 Å². The maximum absolute atomic E-state index is 13.8. The van der Waals surface area contributed by atoms with Gasteiger partial charge in [-0.05, 0) is 30.5 Å². The number of amides is 1. The minimum Gasteiger partial charge on any atom is -0.494 e. The number of carbonyl (C=O) groups is 2. The van der Waals surface area contributed by atoms with E-state index in [4.69, 9.17) is 4.74 Å². The zero-order valence-electron chi connectivity index (χ0n) is 14.5. The number of aliphatic carboxylic acids is 1. The first-order chi connectivity index (χ1) is 11.9. The molecule has 0 saturated carbocycles. The number of ether oxygens (including phenoxy) is 1. The van der Waals surface area contributed by atoms with Crippen LogP contribution in [0.25, 0.3) is 0 Å². The molecule has 25 heavy (non-hydrogen) atoms. The zero-order valence-corrected chi connectivity index (χ0v) is 14.5. The smallest absolute Gasteiger partial charge is 0.309 e. The van der Waals surface area contributed by atoms with Crippen molar-refractivity contribution in [2.75, 3.05) is 27.2 Å². The Labute approximate surface area is 146 Å². The molecule has 7 heteroatoms. The Morgan fingerprint density at radius 2 is 2.08 bits per heavy atom. The molecule has 2 saturated heterocycles. The van der Waals surface area contributed by atoms with Crippen molar-refractivity contribution in [3.05, 3.63) is 29.6 Å². The van der Waals surface area contributed by atoms with E-state index in [2.05, 4.69) is 4.90 Å². The molecule has 136 valence electrons. The summed E-state index contributed by atoms with van der Waals surface area (Å²) in [5.41, 5.74) is 0.254. The van der Waals surface area contributed by atoms with Gasteiger partial charge in [-0.25, -0.2) is 4.39 Å². The normalized spacial score (nSPS) is 23.2. The van der Waals surface area contributed by atoms with Crippen LogP contribution in [0.4, 0.5) is 4.39 Å². The maximum atomic E-state index is 13.8. The fourth-order valence-electron chi connectivity index (χ4n) is 4.15. The van der Waals surface area contributed by atoms with Gasteiger partial charge < -0.3 is 14.7 Å². The van der Waals surface area contributed by atoms with Crippen molar-refractivity contribution in [3.63, 3.8) is 0 Å². The van der Waals surface area contributed by atoms with Crippen molar-refractivity contribution in [3.8, 4) is 5.75 Å². The largest absolute Gasteiger partial charge is 0.494 e. The molecule has 2 heterocycles. The quantitative estimate of drug-likeness (QED) is 0.896. The molecule has 1 aromatic rings. The second-order valence-corrected chi connectivity index (χ2v) is 6.90. The SMILES string of the molecule is COc1ccc(CN2CCC3(CC2)[C@H](C(=O)O)CC(=O)N3C)cc1F. The average molecular weight is 350 g/mol. The molecule has 0 aromatic heterocycles. The standard InChI is InChI=1S/C18H23FN2O4/c1-20-16(22)10-13(17(23)24)18(20)5-7-21(8-6-18)11-12-3-4-15(25-2)14(19)9-12/h3-4,9,13H,5-8,10-11H2,1-2H3,(H,23,24)/t13-/m0/s1. The maximum Gasteiger partial charge on any atom is 0.309 e. The molecule has 0 aliphatic carbocycles. The second kappa shape index (κ2) is 6.63. The predicted molar refractivity (Wildman–Crippen MR) is 88.7 cm³/mol. The van der Waals surface area contributed by atoms with Crippen LogP contribution in [0.5, 0.6) is 5.75 Å². The third-order valence-electron chi connectivity index (χ3n) is 5.71. The number of nitrogens with zero attached hydrogens (tertiary/aromatic N) is 2. The van der Waals surface area contributed by atoms with Crippen LogP contribution in [0.3, 0.4) is 0 Å². The molecule has 1 amide bonds. The lowest BCUT2D eigenvalue weighted by Gasteiger charge is -2.45. The predicted octanol–water partition coefficient (Wildman–Crippen LogP) is 1.73. The van der Waals surface area contributed by atoms with Crippen molar-refractivity contribution in [1.29, 1.82) is 0 Å². The Morgan fingerprint density at radius 1 is 1.40 bits per heavy atom. The van der Waals surface area contributed by atoms with Crippen molar-refractivity contribution in [1.82, 2.24) is 9.80 Å². The molecule has 1 atom stereocenters. The van der Waals surface area contributed by atoms with E-state index in [9.17, 15) is 19.1 Å². The van der Waals surface area contributed by atoms with E-state index >= 15 is 0 Å². The summed E-state index contributed by atoms with van der Waals surface area (Å²) in [6, 6.07) is 4.91. The number of likely N-dealkylation sites (tertiary alicyclic amines) is 2. The molecule has 6 nitrogen and oxygen atoms in total. The number of hydrogen-bond acceptors (Lipinski definition) is 4. The van der Waals surface area contributed by atoms with E-state index in [1.165, 1.54) is 13.2 Å².